The molecule has 0 unspecified atom stereocenters. The van der Waals surface area contributed by atoms with Gasteiger partial charge in [0, 0.05) is 41.4 Å². The Labute approximate surface area is 242 Å². The summed E-state index contributed by atoms with van der Waals surface area (Å²) in [5, 5.41) is 4.68. The third-order valence-electron chi connectivity index (χ3n) is 7.41. The molecule has 4 aromatic carbocycles. The highest BCUT2D eigenvalue weighted by molar-refractivity contribution is 6.08. The monoisotopic (exact) mass is 575 g/mol. The Bertz CT molecular complexity index is 1730. The van der Waals surface area contributed by atoms with Crippen LogP contribution >= 0.6 is 0 Å². The summed E-state index contributed by atoms with van der Waals surface area (Å²) in [7, 11) is 3.10. The second kappa shape index (κ2) is 12.1. The van der Waals surface area contributed by atoms with Crippen LogP contribution in [0.2, 0.25) is 0 Å². The highest BCUT2D eigenvalue weighted by Gasteiger charge is 2.34. The van der Waals surface area contributed by atoms with Crippen LogP contribution in [0.15, 0.2) is 84.9 Å². The summed E-state index contributed by atoms with van der Waals surface area (Å²) in [4.78, 5) is 15.1. The molecular weight excluding hydrogens is 543 g/mol. The van der Waals surface area contributed by atoms with Crippen LogP contribution in [-0.4, -0.2) is 36.3 Å². The lowest BCUT2D eigenvalue weighted by Gasteiger charge is -2.25. The van der Waals surface area contributed by atoms with Gasteiger partial charge in [-0.15, -0.1) is 0 Å². The van der Waals surface area contributed by atoms with E-state index in [1.54, 1.807) is 20.3 Å². The molecular formula is C33H32F3N3O3. The van der Waals surface area contributed by atoms with E-state index in [0.717, 1.165) is 45.5 Å². The number of ether oxygens (including phenoxy) is 2. The van der Waals surface area contributed by atoms with Crippen LogP contribution in [0.3, 0.4) is 0 Å². The van der Waals surface area contributed by atoms with Crippen molar-refractivity contribution < 1.29 is 27.4 Å². The number of rotatable bonds is 9. The molecule has 0 aliphatic heterocycles. The molecule has 2 amide bonds. The molecule has 1 heterocycles. The van der Waals surface area contributed by atoms with Gasteiger partial charge >= 0.3 is 12.2 Å². The predicted molar refractivity (Wildman–Crippen MR) is 159 cm³/mol. The van der Waals surface area contributed by atoms with Crippen molar-refractivity contribution >= 4 is 33.5 Å². The normalized spacial score (nSPS) is 11.6. The fraction of sp³-hybridized carbons (Fsp3) is 0.242. The maximum atomic E-state index is 13.7. The summed E-state index contributed by atoms with van der Waals surface area (Å²) in [5.41, 5.74) is 2.79. The van der Waals surface area contributed by atoms with Gasteiger partial charge in [-0.25, -0.2) is 4.79 Å². The van der Waals surface area contributed by atoms with E-state index in [1.807, 2.05) is 36.4 Å². The minimum Gasteiger partial charge on any atom is -0.493 e. The molecule has 5 aromatic rings. The molecule has 218 valence electrons. The Morgan fingerprint density at radius 3 is 2.26 bits per heavy atom. The highest BCUT2D eigenvalue weighted by Crippen LogP contribution is 2.35. The van der Waals surface area contributed by atoms with Crippen molar-refractivity contribution in [1.82, 2.24) is 9.47 Å². The molecule has 42 heavy (non-hydrogen) atoms. The van der Waals surface area contributed by atoms with E-state index >= 15 is 0 Å². The minimum atomic E-state index is -4.60. The molecule has 0 aliphatic carbocycles. The lowest BCUT2D eigenvalue weighted by Crippen LogP contribution is -2.36. The molecule has 1 aromatic heterocycles. The van der Waals surface area contributed by atoms with Crippen molar-refractivity contribution in [2.45, 2.75) is 32.6 Å². The lowest BCUT2D eigenvalue weighted by atomic mass is 10.1. The zero-order valence-corrected chi connectivity index (χ0v) is 23.7. The average molecular weight is 576 g/mol. The SMILES string of the molecule is CCn1c2ccccc2c2cc(CN(CCc3ccc(OC)c(OC)c3)C(=O)Nc3ccccc3C(F)(F)F)ccc21. The third-order valence-corrected chi connectivity index (χ3v) is 7.41. The maximum absolute atomic E-state index is 13.7. The van der Waals surface area contributed by atoms with Crippen molar-refractivity contribution in [3.63, 3.8) is 0 Å². The summed E-state index contributed by atoms with van der Waals surface area (Å²) >= 11 is 0. The van der Waals surface area contributed by atoms with Crippen LogP contribution in [0.5, 0.6) is 11.5 Å². The molecule has 0 saturated heterocycles. The van der Waals surface area contributed by atoms with Crippen molar-refractivity contribution in [2.24, 2.45) is 0 Å². The van der Waals surface area contributed by atoms with Crippen LogP contribution in [0.25, 0.3) is 21.8 Å². The Kier molecular flexibility index (Phi) is 8.29. The van der Waals surface area contributed by atoms with Gasteiger partial charge < -0.3 is 24.3 Å². The number of hydrogen-bond donors (Lipinski definition) is 1. The first-order valence-electron chi connectivity index (χ1n) is 13.7. The minimum absolute atomic E-state index is 0.203. The first kappa shape index (κ1) is 28.9. The number of nitrogens with zero attached hydrogens (tertiary/aromatic N) is 2. The van der Waals surface area contributed by atoms with Crippen LogP contribution in [0, 0.1) is 0 Å². The van der Waals surface area contributed by atoms with Gasteiger partial charge in [0.25, 0.3) is 0 Å². The van der Waals surface area contributed by atoms with E-state index in [9.17, 15) is 18.0 Å². The Morgan fingerprint density at radius 2 is 1.52 bits per heavy atom. The van der Waals surface area contributed by atoms with E-state index in [1.165, 1.54) is 23.1 Å². The van der Waals surface area contributed by atoms with Gasteiger partial charge in [-0.3, -0.25) is 0 Å². The maximum Gasteiger partial charge on any atom is 0.418 e. The number of alkyl halides is 3. The molecule has 0 bridgehead atoms. The van der Waals surface area contributed by atoms with Crippen molar-refractivity contribution in [3.8, 4) is 11.5 Å². The van der Waals surface area contributed by atoms with Gasteiger partial charge in [0.2, 0.25) is 0 Å². The number of carbonyl (C=O) groups excluding carboxylic acids is 1. The fourth-order valence-electron chi connectivity index (χ4n) is 5.35. The summed E-state index contributed by atoms with van der Waals surface area (Å²) < 4.78 is 54.0. The van der Waals surface area contributed by atoms with Gasteiger partial charge in [0.05, 0.1) is 25.5 Å². The van der Waals surface area contributed by atoms with Gasteiger partial charge in [-0.05, 0) is 66.9 Å². The number of halogens is 3. The molecule has 1 N–H and O–H groups in total. The van der Waals surface area contributed by atoms with Crippen LogP contribution < -0.4 is 14.8 Å². The van der Waals surface area contributed by atoms with Gasteiger partial charge in [0.15, 0.2) is 11.5 Å². The van der Waals surface area contributed by atoms with Crippen LogP contribution in [0.1, 0.15) is 23.6 Å². The van der Waals surface area contributed by atoms with E-state index in [2.05, 4.69) is 35.0 Å². The molecule has 9 heteroatoms. The predicted octanol–water partition coefficient (Wildman–Crippen LogP) is 8.13. The molecule has 6 nitrogen and oxygen atoms in total. The Hall–Kier alpha value is -4.66. The molecule has 0 atom stereocenters. The second-order valence-corrected chi connectivity index (χ2v) is 9.95. The number of aryl methyl sites for hydroxylation is 1. The number of carbonyl (C=O) groups is 1. The van der Waals surface area contributed by atoms with Crippen molar-refractivity contribution in [1.29, 1.82) is 0 Å². The van der Waals surface area contributed by atoms with Crippen molar-refractivity contribution in [2.75, 3.05) is 26.1 Å². The van der Waals surface area contributed by atoms with Gasteiger partial charge in [0.1, 0.15) is 0 Å². The van der Waals surface area contributed by atoms with E-state index < -0.39 is 17.8 Å². The van der Waals surface area contributed by atoms with Crippen LogP contribution in [-0.2, 0) is 25.7 Å². The van der Waals surface area contributed by atoms with E-state index in [-0.39, 0.29) is 18.8 Å². The molecule has 0 spiro atoms. The number of urea groups is 1. The van der Waals surface area contributed by atoms with Crippen LogP contribution in [0.4, 0.5) is 23.7 Å². The number of aromatic nitrogens is 1. The Morgan fingerprint density at radius 1 is 0.833 bits per heavy atom. The smallest absolute Gasteiger partial charge is 0.418 e. The largest absolute Gasteiger partial charge is 0.493 e. The first-order chi connectivity index (χ1) is 20.2. The van der Waals surface area contributed by atoms with Gasteiger partial charge in [-0.2, -0.15) is 13.2 Å². The average Bonchev–Trinajstić information content (AvgIpc) is 3.31. The molecule has 0 saturated carbocycles. The number of para-hydroxylation sites is 2. The zero-order valence-electron chi connectivity index (χ0n) is 23.7. The molecule has 5 rings (SSSR count). The first-order valence-corrected chi connectivity index (χ1v) is 13.7. The zero-order chi connectivity index (χ0) is 29.9. The number of amides is 2. The summed E-state index contributed by atoms with van der Waals surface area (Å²) in [6.45, 7) is 3.36. The molecule has 0 radical (unpaired) electrons. The number of nitrogens with one attached hydrogen (secondary N) is 1. The standard InChI is InChI=1S/C33H32F3N3O3/c1-4-39-28-12-8-5-9-24(28)25-19-23(13-15-29(25)39)21-38(18-17-22-14-16-30(41-2)31(20-22)42-3)32(40)37-27-11-7-6-10-26(27)33(34,35)36/h5-16,19-20H,4,17-18,21H2,1-3H3,(H,37,40). The second-order valence-electron chi connectivity index (χ2n) is 9.95. The lowest BCUT2D eigenvalue weighted by molar-refractivity contribution is -0.136. The molecule has 0 fully saturated rings. The number of hydrogen-bond acceptors (Lipinski definition) is 3. The summed E-state index contributed by atoms with van der Waals surface area (Å²) in [5.74, 6) is 1.14. The fourth-order valence-corrected chi connectivity index (χ4v) is 5.35. The quantitative estimate of drug-likeness (QED) is 0.193. The number of fused-ring (bicyclic) bond motifs is 3. The molecule has 0 aliphatic rings. The number of benzene rings is 4. The highest BCUT2D eigenvalue weighted by atomic mass is 19.4. The number of methoxy groups -OCH3 is 2. The van der Waals surface area contributed by atoms with Crippen molar-refractivity contribution in [3.05, 3.63) is 102 Å². The van der Waals surface area contributed by atoms with Gasteiger partial charge in [-0.1, -0.05) is 42.5 Å². The summed E-state index contributed by atoms with van der Waals surface area (Å²) in [6.07, 6.45) is -4.15. The number of anilines is 1. The third kappa shape index (κ3) is 5.86. The van der Waals surface area contributed by atoms with E-state index in [4.69, 9.17) is 9.47 Å². The van der Waals surface area contributed by atoms with E-state index in [0.29, 0.717) is 17.9 Å². The summed E-state index contributed by atoms with van der Waals surface area (Å²) in [6, 6.07) is 24.1. The Balaban J connectivity index is 1.47. The topological polar surface area (TPSA) is 55.7 Å².